The second-order valence-electron chi connectivity index (χ2n) is 2.28. The molecular weight excluding hydrogens is 198 g/mol. The lowest BCUT2D eigenvalue weighted by atomic mass is 10.1. The summed E-state index contributed by atoms with van der Waals surface area (Å²) < 4.78 is 47.5. The molecule has 0 aliphatic rings. The number of rotatable bonds is 4. The quantitative estimate of drug-likeness (QED) is 0.548. The molecule has 0 aromatic heterocycles. The minimum atomic E-state index is -4.82. The van der Waals surface area contributed by atoms with Gasteiger partial charge in [0, 0.05) is 0 Å². The van der Waals surface area contributed by atoms with Crippen molar-refractivity contribution in [3.63, 3.8) is 0 Å². The highest BCUT2D eigenvalue weighted by Crippen LogP contribution is 2.28. The van der Waals surface area contributed by atoms with Crippen LogP contribution in [0.1, 0.15) is 0 Å². The largest absolute Gasteiger partial charge is 0.480 e. The van der Waals surface area contributed by atoms with Crippen LogP contribution in [0.25, 0.3) is 0 Å². The maximum Gasteiger partial charge on any atom is 0.334 e. The van der Waals surface area contributed by atoms with E-state index in [1.54, 1.807) is 0 Å². The molecule has 8 heteroatoms. The van der Waals surface area contributed by atoms with Crippen molar-refractivity contribution in [2.45, 2.75) is 24.5 Å². The van der Waals surface area contributed by atoms with Crippen LogP contribution in [0.5, 0.6) is 0 Å². The molecule has 0 amide bonds. The molecule has 0 bridgehead atoms. The van der Waals surface area contributed by atoms with Crippen molar-refractivity contribution in [1.29, 1.82) is 0 Å². The number of aliphatic hydroxyl groups is 1. The molecule has 0 heterocycles. The van der Waals surface area contributed by atoms with E-state index in [-0.39, 0.29) is 0 Å². The first-order chi connectivity index (χ1) is 5.71. The van der Waals surface area contributed by atoms with Gasteiger partial charge in [-0.25, -0.2) is 8.78 Å². The number of aliphatic hydroxyl groups excluding tert-OH is 1. The molecule has 0 saturated carbocycles. The van der Waals surface area contributed by atoms with Gasteiger partial charge >= 0.3 is 18.3 Å². The Kier molecular flexibility index (Phi) is 3.61. The summed E-state index contributed by atoms with van der Waals surface area (Å²) in [6.45, 7) is 0. The van der Waals surface area contributed by atoms with Crippen LogP contribution in [0.2, 0.25) is 0 Å². The van der Waals surface area contributed by atoms with Crippen LogP contribution in [0.15, 0.2) is 0 Å². The second kappa shape index (κ2) is 3.88. The van der Waals surface area contributed by atoms with Crippen LogP contribution in [-0.4, -0.2) is 40.7 Å². The first-order valence-electron chi connectivity index (χ1n) is 3.03. The standard InChI is InChI=1S/C5H7F4NO3/c6-4(7)5(8,9)2(11)1(10)3(12)13/h1-2,4,11H,10H2,(H,12,13). The maximum atomic E-state index is 12.2. The fraction of sp³-hybridized carbons (Fsp3) is 0.800. The molecule has 0 aliphatic heterocycles. The third kappa shape index (κ3) is 2.52. The van der Waals surface area contributed by atoms with Gasteiger partial charge in [-0.05, 0) is 0 Å². The van der Waals surface area contributed by atoms with Crippen molar-refractivity contribution in [2.75, 3.05) is 0 Å². The average Bonchev–Trinajstić information content (AvgIpc) is 2.01. The first-order valence-corrected chi connectivity index (χ1v) is 3.03. The number of alkyl halides is 4. The molecule has 13 heavy (non-hydrogen) atoms. The van der Waals surface area contributed by atoms with Gasteiger partial charge in [-0.3, -0.25) is 4.79 Å². The number of hydrogen-bond donors (Lipinski definition) is 3. The summed E-state index contributed by atoms with van der Waals surface area (Å²) in [6.07, 6.45) is -7.27. The van der Waals surface area contributed by atoms with E-state index in [9.17, 15) is 22.4 Å². The molecule has 0 radical (unpaired) electrons. The van der Waals surface area contributed by atoms with Crippen molar-refractivity contribution < 1.29 is 32.6 Å². The van der Waals surface area contributed by atoms with Crippen molar-refractivity contribution in [2.24, 2.45) is 5.73 Å². The summed E-state index contributed by atoms with van der Waals surface area (Å²) >= 11 is 0. The summed E-state index contributed by atoms with van der Waals surface area (Å²) in [5.41, 5.74) is 4.52. The fourth-order valence-corrected chi connectivity index (χ4v) is 0.504. The molecule has 0 aromatic rings. The summed E-state index contributed by atoms with van der Waals surface area (Å²) in [6, 6.07) is -2.44. The lowest BCUT2D eigenvalue weighted by Crippen LogP contribution is -2.54. The van der Waals surface area contributed by atoms with Crippen LogP contribution >= 0.6 is 0 Å². The van der Waals surface area contributed by atoms with E-state index in [1.165, 1.54) is 0 Å². The van der Waals surface area contributed by atoms with Gasteiger partial charge in [0.2, 0.25) is 0 Å². The van der Waals surface area contributed by atoms with Gasteiger partial charge in [0.25, 0.3) is 0 Å². The zero-order valence-corrected chi connectivity index (χ0v) is 6.12. The van der Waals surface area contributed by atoms with E-state index < -0.39 is 30.5 Å². The predicted molar refractivity (Wildman–Crippen MR) is 32.6 cm³/mol. The Morgan fingerprint density at radius 3 is 2.00 bits per heavy atom. The number of carboxylic acid groups (broad SMARTS) is 1. The number of nitrogens with two attached hydrogens (primary N) is 1. The molecule has 2 unspecified atom stereocenters. The Hall–Kier alpha value is -0.890. The Morgan fingerprint density at radius 2 is 1.77 bits per heavy atom. The predicted octanol–water partition coefficient (Wildman–Crippen LogP) is -0.340. The topological polar surface area (TPSA) is 83.6 Å². The number of carbonyl (C=O) groups is 1. The second-order valence-corrected chi connectivity index (χ2v) is 2.28. The Labute approximate surface area is 70.0 Å². The summed E-state index contributed by atoms with van der Waals surface area (Å²) in [7, 11) is 0. The number of carboxylic acids is 1. The van der Waals surface area contributed by atoms with Crippen LogP contribution in [0.4, 0.5) is 17.6 Å². The zero-order chi connectivity index (χ0) is 10.8. The minimum Gasteiger partial charge on any atom is -0.480 e. The van der Waals surface area contributed by atoms with Crippen molar-refractivity contribution in [1.82, 2.24) is 0 Å². The van der Waals surface area contributed by atoms with Crippen molar-refractivity contribution >= 4 is 5.97 Å². The zero-order valence-electron chi connectivity index (χ0n) is 6.12. The lowest BCUT2D eigenvalue weighted by Gasteiger charge is -2.23. The van der Waals surface area contributed by atoms with Gasteiger partial charge in [0.1, 0.15) is 12.1 Å². The Morgan fingerprint density at radius 1 is 1.38 bits per heavy atom. The van der Waals surface area contributed by atoms with E-state index in [2.05, 4.69) is 5.73 Å². The first kappa shape index (κ1) is 12.1. The van der Waals surface area contributed by atoms with Gasteiger partial charge in [-0.15, -0.1) is 0 Å². The monoisotopic (exact) mass is 205 g/mol. The summed E-state index contributed by atoms with van der Waals surface area (Å²) in [5.74, 6) is -6.80. The average molecular weight is 205 g/mol. The molecule has 0 spiro atoms. The van der Waals surface area contributed by atoms with E-state index in [0.717, 1.165) is 0 Å². The summed E-state index contributed by atoms with van der Waals surface area (Å²) in [5, 5.41) is 16.5. The van der Waals surface area contributed by atoms with Gasteiger partial charge in [0.15, 0.2) is 0 Å². The molecular formula is C5H7F4NO3. The molecule has 0 saturated heterocycles. The molecule has 2 atom stereocenters. The SMILES string of the molecule is NC(C(=O)O)C(O)C(F)(F)C(F)F. The van der Waals surface area contributed by atoms with E-state index >= 15 is 0 Å². The van der Waals surface area contributed by atoms with Crippen LogP contribution in [-0.2, 0) is 4.79 Å². The molecule has 4 N–H and O–H groups in total. The molecule has 0 aromatic carbocycles. The number of halogens is 4. The Balaban J connectivity index is 4.58. The van der Waals surface area contributed by atoms with Crippen molar-refractivity contribution in [3.05, 3.63) is 0 Å². The van der Waals surface area contributed by atoms with Crippen LogP contribution in [0, 0.1) is 0 Å². The molecule has 0 rings (SSSR count). The highest BCUT2D eigenvalue weighted by atomic mass is 19.3. The highest BCUT2D eigenvalue weighted by Gasteiger charge is 2.52. The van der Waals surface area contributed by atoms with Gasteiger partial charge in [-0.2, -0.15) is 8.78 Å². The normalized spacial score (nSPS) is 17.2. The lowest BCUT2D eigenvalue weighted by molar-refractivity contribution is -0.200. The summed E-state index contributed by atoms with van der Waals surface area (Å²) in [4.78, 5) is 9.95. The van der Waals surface area contributed by atoms with E-state index in [1.807, 2.05) is 0 Å². The highest BCUT2D eigenvalue weighted by molar-refractivity contribution is 5.74. The fourth-order valence-electron chi connectivity index (χ4n) is 0.504. The van der Waals surface area contributed by atoms with Crippen LogP contribution < -0.4 is 5.73 Å². The molecule has 0 aliphatic carbocycles. The van der Waals surface area contributed by atoms with Gasteiger partial charge < -0.3 is 15.9 Å². The minimum absolute atomic E-state index is 1.98. The molecule has 4 nitrogen and oxygen atoms in total. The third-order valence-corrected chi connectivity index (χ3v) is 1.31. The van der Waals surface area contributed by atoms with Gasteiger partial charge in [-0.1, -0.05) is 0 Å². The molecule has 78 valence electrons. The van der Waals surface area contributed by atoms with Crippen LogP contribution in [0.3, 0.4) is 0 Å². The maximum absolute atomic E-state index is 12.2. The molecule has 0 fully saturated rings. The van der Waals surface area contributed by atoms with Gasteiger partial charge in [0.05, 0.1) is 0 Å². The van der Waals surface area contributed by atoms with E-state index in [4.69, 9.17) is 10.2 Å². The Bertz CT molecular complexity index is 198. The van der Waals surface area contributed by atoms with E-state index in [0.29, 0.717) is 0 Å². The smallest absolute Gasteiger partial charge is 0.334 e. The number of aliphatic carboxylic acids is 1. The number of hydrogen-bond acceptors (Lipinski definition) is 3. The third-order valence-electron chi connectivity index (χ3n) is 1.31. The van der Waals surface area contributed by atoms with Crippen molar-refractivity contribution in [3.8, 4) is 0 Å².